The van der Waals surface area contributed by atoms with Crippen molar-refractivity contribution < 1.29 is 4.42 Å². The highest BCUT2D eigenvalue weighted by molar-refractivity contribution is 5.55. The van der Waals surface area contributed by atoms with Crippen molar-refractivity contribution in [2.45, 2.75) is 18.8 Å². The normalized spacial score (nSPS) is 16.2. The first kappa shape index (κ1) is 11.9. The summed E-state index contributed by atoms with van der Waals surface area (Å²) in [5.41, 5.74) is 1.39. The molecule has 1 aliphatic rings. The van der Waals surface area contributed by atoms with Gasteiger partial charge in [-0.1, -0.05) is 6.07 Å². The molecule has 0 amide bonds. The minimum Gasteiger partial charge on any atom is -0.420 e. The highest BCUT2D eigenvalue weighted by Crippen LogP contribution is 2.27. The van der Waals surface area contributed by atoms with Crippen molar-refractivity contribution in [1.82, 2.24) is 15.5 Å². The van der Waals surface area contributed by atoms with Crippen LogP contribution in [0.2, 0.25) is 0 Å². The molecule has 2 aromatic rings. The lowest BCUT2D eigenvalue weighted by molar-refractivity contribution is 0.378. The van der Waals surface area contributed by atoms with E-state index >= 15 is 0 Å². The van der Waals surface area contributed by atoms with Crippen LogP contribution in [0.25, 0.3) is 11.5 Å². The highest BCUT2D eigenvalue weighted by Gasteiger charge is 2.21. The Morgan fingerprint density at radius 3 is 2.89 bits per heavy atom. The number of nitrogens with zero attached hydrogens (tertiary/aromatic N) is 3. The number of piperidine rings is 1. The van der Waals surface area contributed by atoms with E-state index in [0.717, 1.165) is 31.5 Å². The number of aromatic nitrogens is 2. The minimum absolute atomic E-state index is 0.349. The third kappa shape index (κ3) is 2.49. The van der Waals surface area contributed by atoms with Crippen molar-refractivity contribution in [3.8, 4) is 17.5 Å². The van der Waals surface area contributed by atoms with Gasteiger partial charge in [-0.3, -0.25) is 0 Å². The quantitative estimate of drug-likeness (QED) is 0.888. The molecule has 0 bridgehead atoms. The SMILES string of the molecule is N#Cc1cccc(-c2nnc(C3CCNCC3)o2)c1. The molecule has 0 spiro atoms. The highest BCUT2D eigenvalue weighted by atomic mass is 16.4. The van der Waals surface area contributed by atoms with Gasteiger partial charge in [-0.05, 0) is 44.1 Å². The van der Waals surface area contributed by atoms with Crippen molar-refractivity contribution in [3.63, 3.8) is 0 Å². The van der Waals surface area contributed by atoms with E-state index in [-0.39, 0.29) is 0 Å². The topological polar surface area (TPSA) is 74.7 Å². The van der Waals surface area contributed by atoms with Crippen molar-refractivity contribution in [2.24, 2.45) is 0 Å². The standard InChI is InChI=1S/C14H14N4O/c15-9-10-2-1-3-12(8-10)14-18-17-13(19-14)11-4-6-16-7-5-11/h1-3,8,11,16H,4-7H2. The first-order chi connectivity index (χ1) is 9.36. The Balaban J connectivity index is 1.86. The molecule has 3 rings (SSSR count). The van der Waals surface area contributed by atoms with Crippen molar-refractivity contribution in [2.75, 3.05) is 13.1 Å². The van der Waals surface area contributed by atoms with Crippen LogP contribution in [-0.2, 0) is 0 Å². The molecule has 0 saturated carbocycles. The average Bonchev–Trinajstić information content (AvgIpc) is 2.98. The molecule has 96 valence electrons. The van der Waals surface area contributed by atoms with Crippen LogP contribution >= 0.6 is 0 Å². The van der Waals surface area contributed by atoms with Gasteiger partial charge in [-0.2, -0.15) is 5.26 Å². The van der Waals surface area contributed by atoms with Gasteiger partial charge < -0.3 is 9.73 Å². The fourth-order valence-electron chi connectivity index (χ4n) is 2.31. The van der Waals surface area contributed by atoms with Crippen molar-refractivity contribution in [3.05, 3.63) is 35.7 Å². The predicted octanol–water partition coefficient (Wildman–Crippen LogP) is 2.08. The van der Waals surface area contributed by atoms with Crippen LogP contribution in [0, 0.1) is 11.3 Å². The molecule has 0 aliphatic carbocycles. The molecule has 2 heterocycles. The van der Waals surface area contributed by atoms with Crippen molar-refractivity contribution in [1.29, 1.82) is 5.26 Å². The second-order valence-corrected chi connectivity index (χ2v) is 4.66. The number of benzene rings is 1. The van der Waals surface area contributed by atoms with Crippen LogP contribution in [0.1, 0.15) is 30.2 Å². The summed E-state index contributed by atoms with van der Waals surface area (Å²) in [5.74, 6) is 1.55. The Labute approximate surface area is 111 Å². The Hall–Kier alpha value is -2.19. The summed E-state index contributed by atoms with van der Waals surface area (Å²) >= 11 is 0. The summed E-state index contributed by atoms with van der Waals surface area (Å²) in [6, 6.07) is 9.33. The molecule has 1 aliphatic heterocycles. The molecule has 1 aromatic carbocycles. The van der Waals surface area contributed by atoms with Gasteiger partial charge in [-0.25, -0.2) is 0 Å². The Morgan fingerprint density at radius 1 is 1.26 bits per heavy atom. The fraction of sp³-hybridized carbons (Fsp3) is 0.357. The summed E-state index contributed by atoms with van der Waals surface area (Å²) in [6.07, 6.45) is 2.06. The minimum atomic E-state index is 0.349. The summed E-state index contributed by atoms with van der Waals surface area (Å²) in [7, 11) is 0. The molecule has 0 unspecified atom stereocenters. The van der Waals surface area contributed by atoms with Gasteiger partial charge in [0.1, 0.15) is 0 Å². The van der Waals surface area contributed by atoms with E-state index in [1.165, 1.54) is 0 Å². The van der Waals surface area contributed by atoms with E-state index in [9.17, 15) is 0 Å². The van der Waals surface area contributed by atoms with Gasteiger partial charge in [0.15, 0.2) is 0 Å². The Kier molecular flexibility index (Phi) is 3.25. The average molecular weight is 254 g/mol. The van der Waals surface area contributed by atoms with Gasteiger partial charge in [0.2, 0.25) is 11.8 Å². The number of hydrogen-bond acceptors (Lipinski definition) is 5. The number of rotatable bonds is 2. The maximum Gasteiger partial charge on any atom is 0.247 e. The first-order valence-corrected chi connectivity index (χ1v) is 6.41. The predicted molar refractivity (Wildman–Crippen MR) is 69.3 cm³/mol. The molecule has 19 heavy (non-hydrogen) atoms. The molecule has 1 saturated heterocycles. The molecular formula is C14H14N4O. The second kappa shape index (κ2) is 5.21. The largest absolute Gasteiger partial charge is 0.420 e. The van der Waals surface area contributed by atoms with Gasteiger partial charge in [-0.15, -0.1) is 10.2 Å². The monoisotopic (exact) mass is 254 g/mol. The van der Waals surface area contributed by atoms with Gasteiger partial charge in [0.05, 0.1) is 11.6 Å². The van der Waals surface area contributed by atoms with E-state index in [1.54, 1.807) is 12.1 Å². The zero-order chi connectivity index (χ0) is 13.1. The molecule has 1 aromatic heterocycles. The van der Waals surface area contributed by atoms with E-state index < -0.39 is 0 Å². The molecule has 1 N–H and O–H groups in total. The van der Waals surface area contributed by atoms with Crippen LogP contribution in [0.3, 0.4) is 0 Å². The van der Waals surface area contributed by atoms with E-state index in [1.807, 2.05) is 12.1 Å². The Morgan fingerprint density at radius 2 is 2.11 bits per heavy atom. The van der Waals surface area contributed by atoms with Crippen LogP contribution in [0.15, 0.2) is 28.7 Å². The molecule has 1 fully saturated rings. The van der Waals surface area contributed by atoms with Crippen LogP contribution in [0.4, 0.5) is 0 Å². The van der Waals surface area contributed by atoms with Crippen LogP contribution < -0.4 is 5.32 Å². The number of nitriles is 1. The molecule has 5 heteroatoms. The summed E-state index contributed by atoms with van der Waals surface area (Å²) in [6.45, 7) is 1.98. The fourth-order valence-corrected chi connectivity index (χ4v) is 2.31. The lowest BCUT2D eigenvalue weighted by Gasteiger charge is -2.18. The van der Waals surface area contributed by atoms with Crippen LogP contribution in [0.5, 0.6) is 0 Å². The van der Waals surface area contributed by atoms with Gasteiger partial charge >= 0.3 is 0 Å². The number of nitrogens with one attached hydrogen (secondary N) is 1. The molecular weight excluding hydrogens is 240 g/mol. The zero-order valence-electron chi connectivity index (χ0n) is 10.5. The summed E-state index contributed by atoms with van der Waals surface area (Å²) < 4.78 is 5.75. The lowest BCUT2D eigenvalue weighted by atomic mass is 9.98. The molecule has 0 atom stereocenters. The third-order valence-electron chi connectivity index (χ3n) is 3.37. The Bertz CT molecular complexity index is 608. The molecule has 5 nitrogen and oxygen atoms in total. The summed E-state index contributed by atoms with van der Waals surface area (Å²) in [4.78, 5) is 0. The smallest absolute Gasteiger partial charge is 0.247 e. The molecule has 0 radical (unpaired) electrons. The first-order valence-electron chi connectivity index (χ1n) is 6.41. The van der Waals surface area contributed by atoms with E-state index in [0.29, 0.717) is 23.3 Å². The third-order valence-corrected chi connectivity index (χ3v) is 3.37. The van der Waals surface area contributed by atoms with E-state index in [2.05, 4.69) is 21.6 Å². The van der Waals surface area contributed by atoms with Gasteiger partial charge in [0.25, 0.3) is 0 Å². The van der Waals surface area contributed by atoms with Crippen molar-refractivity contribution >= 4 is 0 Å². The lowest BCUT2D eigenvalue weighted by Crippen LogP contribution is -2.26. The second-order valence-electron chi connectivity index (χ2n) is 4.66. The van der Waals surface area contributed by atoms with Gasteiger partial charge in [0, 0.05) is 11.5 Å². The number of hydrogen-bond donors (Lipinski definition) is 1. The summed E-state index contributed by atoms with van der Waals surface area (Å²) in [5, 5.41) is 20.4. The zero-order valence-corrected chi connectivity index (χ0v) is 10.5. The maximum absolute atomic E-state index is 8.89. The maximum atomic E-state index is 8.89. The van der Waals surface area contributed by atoms with Crippen LogP contribution in [-0.4, -0.2) is 23.3 Å². The van der Waals surface area contributed by atoms with E-state index in [4.69, 9.17) is 9.68 Å².